The smallest absolute Gasteiger partial charge is 0.254 e. The molecule has 0 unspecified atom stereocenters. The monoisotopic (exact) mass is 264 g/mol. The first-order valence-electron chi connectivity index (χ1n) is 5.51. The van der Waals surface area contributed by atoms with Crippen molar-refractivity contribution in [2.24, 2.45) is 0 Å². The summed E-state index contributed by atoms with van der Waals surface area (Å²) in [7, 11) is 0. The highest BCUT2D eigenvalue weighted by Crippen LogP contribution is 2.19. The van der Waals surface area contributed by atoms with Gasteiger partial charge in [0.2, 0.25) is 0 Å². The highest BCUT2D eigenvalue weighted by Gasteiger charge is 2.04. The van der Waals surface area contributed by atoms with Gasteiger partial charge in [-0.1, -0.05) is 23.9 Å². The number of aromatic amines is 1. The number of hydrogen-bond donors (Lipinski definition) is 1. The standard InChI is InChI=1S/C13H13FN2OS/c1-8-9(2)15-13(16-12(8)17)18-7-10-4-3-5-11(14)6-10/h3-6H,7H2,1-2H3,(H,15,16,17). The van der Waals surface area contributed by atoms with Gasteiger partial charge in [-0.05, 0) is 31.5 Å². The molecule has 0 amide bonds. The molecule has 0 saturated carbocycles. The zero-order valence-corrected chi connectivity index (χ0v) is 11.0. The third kappa shape index (κ3) is 2.98. The van der Waals surface area contributed by atoms with Crippen molar-refractivity contribution in [3.8, 4) is 0 Å². The first-order chi connectivity index (χ1) is 8.56. The molecule has 0 radical (unpaired) electrons. The largest absolute Gasteiger partial charge is 0.301 e. The Morgan fingerprint density at radius 3 is 2.83 bits per heavy atom. The molecule has 0 saturated heterocycles. The number of nitrogens with one attached hydrogen (secondary N) is 1. The van der Waals surface area contributed by atoms with Crippen LogP contribution >= 0.6 is 11.8 Å². The highest BCUT2D eigenvalue weighted by atomic mass is 32.2. The lowest BCUT2D eigenvalue weighted by Crippen LogP contribution is -2.14. The van der Waals surface area contributed by atoms with Gasteiger partial charge in [0.15, 0.2) is 5.16 Å². The third-order valence-corrected chi connectivity index (χ3v) is 3.58. The van der Waals surface area contributed by atoms with Crippen LogP contribution in [0.3, 0.4) is 0 Å². The Morgan fingerprint density at radius 1 is 1.39 bits per heavy atom. The Hall–Kier alpha value is -1.62. The van der Waals surface area contributed by atoms with E-state index in [1.54, 1.807) is 19.9 Å². The number of nitrogens with zero attached hydrogens (tertiary/aromatic N) is 1. The summed E-state index contributed by atoms with van der Waals surface area (Å²) in [5.41, 5.74) is 2.09. The van der Waals surface area contributed by atoms with E-state index in [-0.39, 0.29) is 11.4 Å². The van der Waals surface area contributed by atoms with Crippen LogP contribution in [0.1, 0.15) is 16.8 Å². The van der Waals surface area contributed by atoms with Gasteiger partial charge in [0.25, 0.3) is 5.56 Å². The van der Waals surface area contributed by atoms with Gasteiger partial charge >= 0.3 is 0 Å². The minimum Gasteiger partial charge on any atom is -0.301 e. The van der Waals surface area contributed by atoms with E-state index in [0.29, 0.717) is 16.5 Å². The Labute approximate surface area is 108 Å². The molecule has 0 aliphatic heterocycles. The van der Waals surface area contributed by atoms with Crippen LogP contribution in [0.15, 0.2) is 34.2 Å². The van der Waals surface area contributed by atoms with Crippen LogP contribution in [-0.4, -0.2) is 9.97 Å². The molecule has 2 rings (SSSR count). The maximum atomic E-state index is 13.0. The Morgan fingerprint density at radius 2 is 2.17 bits per heavy atom. The van der Waals surface area contributed by atoms with Crippen molar-refractivity contribution in [2.45, 2.75) is 24.8 Å². The van der Waals surface area contributed by atoms with Crippen molar-refractivity contribution in [1.82, 2.24) is 9.97 Å². The fraction of sp³-hybridized carbons (Fsp3) is 0.231. The van der Waals surface area contributed by atoms with Gasteiger partial charge in [0.05, 0.1) is 0 Å². The molecular formula is C13H13FN2OS. The summed E-state index contributed by atoms with van der Waals surface area (Å²) in [5.74, 6) is 0.318. The lowest BCUT2D eigenvalue weighted by Gasteiger charge is -2.04. The predicted octanol–water partition coefficient (Wildman–Crippen LogP) is 2.82. The minimum atomic E-state index is -0.255. The number of H-pyrrole nitrogens is 1. The molecule has 0 aliphatic rings. The number of aromatic nitrogens is 2. The molecule has 0 bridgehead atoms. The Kier molecular flexibility index (Phi) is 3.81. The van der Waals surface area contributed by atoms with Gasteiger partial charge in [-0.2, -0.15) is 0 Å². The molecule has 0 spiro atoms. The number of halogens is 1. The Balaban J connectivity index is 2.14. The summed E-state index contributed by atoms with van der Waals surface area (Å²) in [6.45, 7) is 3.54. The SMILES string of the molecule is Cc1nc(SCc2cccc(F)c2)[nH]c(=O)c1C. The summed E-state index contributed by atoms with van der Waals surface area (Å²) in [6.07, 6.45) is 0. The van der Waals surface area contributed by atoms with E-state index < -0.39 is 0 Å². The lowest BCUT2D eigenvalue weighted by atomic mass is 10.2. The van der Waals surface area contributed by atoms with E-state index in [1.165, 1.54) is 23.9 Å². The molecule has 0 fully saturated rings. The number of hydrogen-bond acceptors (Lipinski definition) is 3. The third-order valence-electron chi connectivity index (χ3n) is 2.64. The molecule has 3 nitrogen and oxygen atoms in total. The van der Waals surface area contributed by atoms with Crippen LogP contribution in [0, 0.1) is 19.7 Å². The van der Waals surface area contributed by atoms with Crippen LogP contribution in [-0.2, 0) is 5.75 Å². The highest BCUT2D eigenvalue weighted by molar-refractivity contribution is 7.98. The quantitative estimate of drug-likeness (QED) is 0.685. The lowest BCUT2D eigenvalue weighted by molar-refractivity contribution is 0.626. The number of aryl methyl sites for hydroxylation is 1. The maximum Gasteiger partial charge on any atom is 0.254 e. The van der Waals surface area contributed by atoms with E-state index in [0.717, 1.165) is 11.3 Å². The van der Waals surface area contributed by atoms with Crippen molar-refractivity contribution in [3.05, 3.63) is 57.3 Å². The van der Waals surface area contributed by atoms with Crippen molar-refractivity contribution in [3.63, 3.8) is 0 Å². The van der Waals surface area contributed by atoms with E-state index in [4.69, 9.17) is 0 Å². The van der Waals surface area contributed by atoms with Crippen molar-refractivity contribution in [2.75, 3.05) is 0 Å². The van der Waals surface area contributed by atoms with Crippen molar-refractivity contribution in [1.29, 1.82) is 0 Å². The average Bonchev–Trinajstić information content (AvgIpc) is 2.33. The number of benzene rings is 1. The summed E-state index contributed by atoms with van der Waals surface area (Å²) in [6, 6.07) is 6.40. The van der Waals surface area contributed by atoms with Gasteiger partial charge in [-0.25, -0.2) is 9.37 Å². The molecule has 1 aromatic carbocycles. The van der Waals surface area contributed by atoms with E-state index in [2.05, 4.69) is 9.97 Å². The maximum absolute atomic E-state index is 13.0. The first kappa shape index (κ1) is 12.8. The van der Waals surface area contributed by atoms with Crippen LogP contribution < -0.4 is 5.56 Å². The number of thioether (sulfide) groups is 1. The van der Waals surface area contributed by atoms with Gasteiger partial charge < -0.3 is 4.98 Å². The van der Waals surface area contributed by atoms with E-state index in [9.17, 15) is 9.18 Å². The molecule has 1 aromatic heterocycles. The zero-order valence-electron chi connectivity index (χ0n) is 10.2. The molecular weight excluding hydrogens is 251 g/mol. The minimum absolute atomic E-state index is 0.121. The van der Waals surface area contributed by atoms with E-state index in [1.807, 2.05) is 6.07 Å². The normalized spacial score (nSPS) is 10.6. The summed E-state index contributed by atoms with van der Waals surface area (Å²) >= 11 is 1.39. The molecule has 1 heterocycles. The predicted molar refractivity (Wildman–Crippen MR) is 70.3 cm³/mol. The van der Waals surface area contributed by atoms with Crippen molar-refractivity contribution < 1.29 is 4.39 Å². The topological polar surface area (TPSA) is 45.8 Å². The van der Waals surface area contributed by atoms with Crippen LogP contribution in [0.4, 0.5) is 4.39 Å². The average molecular weight is 264 g/mol. The number of rotatable bonds is 3. The molecule has 18 heavy (non-hydrogen) atoms. The fourth-order valence-corrected chi connectivity index (χ4v) is 2.32. The van der Waals surface area contributed by atoms with E-state index >= 15 is 0 Å². The first-order valence-corrected chi connectivity index (χ1v) is 6.49. The van der Waals surface area contributed by atoms with Gasteiger partial charge in [0.1, 0.15) is 5.82 Å². The van der Waals surface area contributed by atoms with Crippen LogP contribution in [0.2, 0.25) is 0 Å². The van der Waals surface area contributed by atoms with Crippen LogP contribution in [0.25, 0.3) is 0 Å². The van der Waals surface area contributed by atoms with Gasteiger partial charge in [-0.15, -0.1) is 0 Å². The molecule has 1 N–H and O–H groups in total. The summed E-state index contributed by atoms with van der Waals surface area (Å²) in [4.78, 5) is 18.5. The summed E-state index contributed by atoms with van der Waals surface area (Å²) < 4.78 is 13.0. The second kappa shape index (κ2) is 5.35. The van der Waals surface area contributed by atoms with Crippen molar-refractivity contribution >= 4 is 11.8 Å². The van der Waals surface area contributed by atoms with Gasteiger partial charge in [0, 0.05) is 17.0 Å². The second-order valence-electron chi connectivity index (χ2n) is 4.00. The van der Waals surface area contributed by atoms with Gasteiger partial charge in [-0.3, -0.25) is 4.79 Å². The summed E-state index contributed by atoms with van der Waals surface area (Å²) in [5, 5.41) is 0.562. The zero-order chi connectivity index (χ0) is 13.1. The molecule has 0 atom stereocenters. The Bertz CT molecular complexity index is 625. The second-order valence-corrected chi connectivity index (χ2v) is 4.96. The molecule has 5 heteroatoms. The van der Waals surface area contributed by atoms with Crippen LogP contribution in [0.5, 0.6) is 0 Å². The molecule has 94 valence electrons. The molecule has 2 aromatic rings. The fourth-order valence-electron chi connectivity index (χ4n) is 1.47. The molecule has 0 aliphatic carbocycles.